The number of nitrogens with one attached hydrogen (secondary N) is 1. The van der Waals surface area contributed by atoms with Gasteiger partial charge in [0.15, 0.2) is 11.9 Å². The Morgan fingerprint density at radius 2 is 2.00 bits per heavy atom. The van der Waals surface area contributed by atoms with E-state index in [-0.39, 0.29) is 11.8 Å². The molecule has 0 radical (unpaired) electrons. The summed E-state index contributed by atoms with van der Waals surface area (Å²) in [7, 11) is 1.73. The van der Waals surface area contributed by atoms with Gasteiger partial charge in [0, 0.05) is 17.6 Å². The van der Waals surface area contributed by atoms with Crippen LogP contribution in [0.1, 0.15) is 17.3 Å². The van der Waals surface area contributed by atoms with Gasteiger partial charge in [-0.1, -0.05) is 12.1 Å². The van der Waals surface area contributed by atoms with Crippen molar-refractivity contribution in [2.24, 2.45) is 0 Å². The Morgan fingerprint density at radius 1 is 1.25 bits per heavy atom. The van der Waals surface area contributed by atoms with Crippen molar-refractivity contribution in [1.29, 1.82) is 0 Å². The number of amides is 2. The van der Waals surface area contributed by atoms with Gasteiger partial charge in [-0.2, -0.15) is 0 Å². The molecule has 1 aliphatic rings. The average Bonchev–Trinajstić information content (AvgIpc) is 2.61. The molecule has 24 heavy (non-hydrogen) atoms. The lowest BCUT2D eigenvalue weighted by Gasteiger charge is -2.26. The highest BCUT2D eigenvalue weighted by Gasteiger charge is 2.28. The molecule has 3 rings (SSSR count). The number of hydrogen-bond donors (Lipinski definition) is 1. The summed E-state index contributed by atoms with van der Waals surface area (Å²) in [5.41, 5.74) is 1.75. The van der Waals surface area contributed by atoms with Crippen molar-refractivity contribution in [2.75, 3.05) is 23.5 Å². The predicted octanol–water partition coefficient (Wildman–Crippen LogP) is 3.40. The first-order chi connectivity index (χ1) is 11.5. The molecule has 1 aliphatic heterocycles. The van der Waals surface area contributed by atoms with Crippen molar-refractivity contribution >= 4 is 35.0 Å². The number of benzene rings is 2. The maximum Gasteiger partial charge on any atom is 0.265 e. The van der Waals surface area contributed by atoms with E-state index in [1.165, 1.54) is 0 Å². The molecule has 5 nitrogen and oxygen atoms in total. The molecule has 0 saturated heterocycles. The molecule has 0 unspecified atom stereocenters. The molecule has 1 heterocycles. The van der Waals surface area contributed by atoms with Crippen molar-refractivity contribution < 1.29 is 14.3 Å². The van der Waals surface area contributed by atoms with E-state index < -0.39 is 6.10 Å². The number of rotatable bonds is 3. The van der Waals surface area contributed by atoms with Crippen LogP contribution in [0.2, 0.25) is 0 Å². The molecule has 0 aliphatic carbocycles. The molecule has 0 fully saturated rings. The molecule has 2 amide bonds. The quantitative estimate of drug-likeness (QED) is 0.869. The monoisotopic (exact) mass is 342 g/mol. The third kappa shape index (κ3) is 2.97. The molecule has 0 bridgehead atoms. The summed E-state index contributed by atoms with van der Waals surface area (Å²) in [6.07, 6.45) is 1.36. The van der Waals surface area contributed by atoms with Crippen LogP contribution in [0.3, 0.4) is 0 Å². The van der Waals surface area contributed by atoms with Gasteiger partial charge < -0.3 is 15.0 Å². The number of thioether (sulfide) groups is 1. The van der Waals surface area contributed by atoms with Crippen LogP contribution < -0.4 is 15.0 Å². The van der Waals surface area contributed by atoms with Gasteiger partial charge >= 0.3 is 0 Å². The fraction of sp³-hybridized carbons (Fsp3) is 0.222. The highest BCUT2D eigenvalue weighted by atomic mass is 32.2. The van der Waals surface area contributed by atoms with Crippen LogP contribution in [-0.4, -0.2) is 31.2 Å². The summed E-state index contributed by atoms with van der Waals surface area (Å²) < 4.78 is 5.66. The zero-order chi connectivity index (χ0) is 17.3. The van der Waals surface area contributed by atoms with Gasteiger partial charge in [-0.25, -0.2) is 0 Å². The summed E-state index contributed by atoms with van der Waals surface area (Å²) >= 11 is 1.62. The molecular weight excluding hydrogens is 324 g/mol. The number of ether oxygens (including phenoxy) is 1. The molecule has 6 heteroatoms. The first kappa shape index (κ1) is 16.4. The molecule has 1 N–H and O–H groups in total. The van der Waals surface area contributed by atoms with Gasteiger partial charge in [-0.05, 0) is 43.5 Å². The normalized spacial score (nSPS) is 16.0. The lowest BCUT2D eigenvalue weighted by Crippen LogP contribution is -2.36. The number of nitrogens with zero attached hydrogens (tertiary/aromatic N) is 1. The van der Waals surface area contributed by atoms with Crippen molar-refractivity contribution in [3.8, 4) is 5.75 Å². The van der Waals surface area contributed by atoms with Gasteiger partial charge in [0.2, 0.25) is 0 Å². The molecule has 0 aromatic heterocycles. The highest BCUT2D eigenvalue weighted by Crippen LogP contribution is 2.34. The number of hydrogen-bond acceptors (Lipinski definition) is 4. The second kappa shape index (κ2) is 6.57. The Balaban J connectivity index is 1.96. The largest absolute Gasteiger partial charge is 0.478 e. The smallest absolute Gasteiger partial charge is 0.265 e. The summed E-state index contributed by atoms with van der Waals surface area (Å²) in [6.45, 7) is 1.66. The van der Waals surface area contributed by atoms with Crippen LogP contribution in [0.25, 0.3) is 0 Å². The number of fused-ring (bicyclic) bond motifs is 1. The molecular formula is C18H18N2O3S. The molecule has 0 spiro atoms. The van der Waals surface area contributed by atoms with Crippen molar-refractivity contribution in [3.05, 3.63) is 48.0 Å². The van der Waals surface area contributed by atoms with E-state index in [1.54, 1.807) is 48.8 Å². The molecule has 2 aromatic carbocycles. The number of anilines is 2. The number of carbonyl (C=O) groups excluding carboxylic acids is 2. The van der Waals surface area contributed by atoms with Crippen LogP contribution in [0.4, 0.5) is 11.4 Å². The molecule has 2 aromatic rings. The van der Waals surface area contributed by atoms with Crippen molar-refractivity contribution in [3.63, 3.8) is 0 Å². The van der Waals surface area contributed by atoms with Crippen LogP contribution in [0, 0.1) is 0 Å². The third-order valence-electron chi connectivity index (χ3n) is 3.91. The Bertz CT molecular complexity index is 807. The van der Waals surface area contributed by atoms with Gasteiger partial charge in [-0.15, -0.1) is 11.8 Å². The Labute approximate surface area is 145 Å². The first-order valence-electron chi connectivity index (χ1n) is 7.54. The van der Waals surface area contributed by atoms with E-state index in [9.17, 15) is 9.59 Å². The van der Waals surface area contributed by atoms with Crippen LogP contribution >= 0.6 is 11.8 Å². The van der Waals surface area contributed by atoms with Crippen molar-refractivity contribution in [2.45, 2.75) is 17.9 Å². The van der Waals surface area contributed by atoms with Gasteiger partial charge in [0.25, 0.3) is 11.8 Å². The second-order valence-corrected chi connectivity index (χ2v) is 6.38. The maximum absolute atomic E-state index is 12.9. The van der Waals surface area contributed by atoms with E-state index in [0.717, 1.165) is 10.6 Å². The average molecular weight is 342 g/mol. The highest BCUT2D eigenvalue weighted by molar-refractivity contribution is 7.98. The fourth-order valence-electron chi connectivity index (χ4n) is 2.51. The number of carbonyl (C=O) groups is 2. The standard InChI is InChI=1S/C18H18N2O3S/c1-11-17(21)19-15-9-5-8-14(16(15)23-11)18(22)20(2)12-6-4-7-13(10-12)24-3/h4-11H,1-3H3,(H,19,21)/t11-/m0/s1. The molecule has 124 valence electrons. The lowest BCUT2D eigenvalue weighted by molar-refractivity contribution is -0.122. The summed E-state index contributed by atoms with van der Waals surface area (Å²) in [6, 6.07) is 12.9. The zero-order valence-electron chi connectivity index (χ0n) is 13.7. The van der Waals surface area contributed by atoms with E-state index in [1.807, 2.05) is 30.5 Å². The minimum absolute atomic E-state index is 0.187. The van der Waals surface area contributed by atoms with E-state index in [2.05, 4.69) is 5.32 Å². The van der Waals surface area contributed by atoms with Gasteiger partial charge in [0.1, 0.15) is 0 Å². The Hall–Kier alpha value is -2.47. The Kier molecular flexibility index (Phi) is 4.49. The molecule has 1 atom stereocenters. The van der Waals surface area contributed by atoms with Crippen LogP contribution in [0.15, 0.2) is 47.4 Å². The summed E-state index contributed by atoms with van der Waals surface area (Å²) in [5.74, 6) is 0.0176. The van der Waals surface area contributed by atoms with E-state index in [0.29, 0.717) is 17.0 Å². The Morgan fingerprint density at radius 3 is 2.75 bits per heavy atom. The number of para-hydroxylation sites is 1. The van der Waals surface area contributed by atoms with E-state index >= 15 is 0 Å². The van der Waals surface area contributed by atoms with Crippen molar-refractivity contribution in [1.82, 2.24) is 0 Å². The lowest BCUT2D eigenvalue weighted by atomic mass is 10.1. The summed E-state index contributed by atoms with van der Waals surface area (Å²) in [5, 5.41) is 2.76. The van der Waals surface area contributed by atoms with Crippen LogP contribution in [-0.2, 0) is 4.79 Å². The predicted molar refractivity (Wildman–Crippen MR) is 96.1 cm³/mol. The SMILES string of the molecule is CSc1cccc(N(C)C(=O)c2cccc3c2O[C@@H](C)C(=O)N3)c1. The minimum atomic E-state index is -0.628. The van der Waals surface area contributed by atoms with E-state index in [4.69, 9.17) is 4.74 Å². The second-order valence-electron chi connectivity index (χ2n) is 5.50. The third-order valence-corrected chi connectivity index (χ3v) is 4.64. The fourth-order valence-corrected chi connectivity index (χ4v) is 2.97. The first-order valence-corrected chi connectivity index (χ1v) is 8.76. The van der Waals surface area contributed by atoms with Gasteiger partial charge in [-0.3, -0.25) is 9.59 Å². The van der Waals surface area contributed by atoms with Crippen LogP contribution in [0.5, 0.6) is 5.75 Å². The topological polar surface area (TPSA) is 58.6 Å². The van der Waals surface area contributed by atoms with Gasteiger partial charge in [0.05, 0.1) is 11.3 Å². The minimum Gasteiger partial charge on any atom is -0.478 e. The summed E-state index contributed by atoms with van der Waals surface area (Å²) in [4.78, 5) is 27.3. The maximum atomic E-state index is 12.9. The molecule has 0 saturated carbocycles. The zero-order valence-corrected chi connectivity index (χ0v) is 14.5.